The Morgan fingerprint density at radius 1 is 1.24 bits per heavy atom. The average molecular weight is 401 g/mol. The smallest absolute Gasteiger partial charge is 0.351 e. The number of esters is 1. The van der Waals surface area contributed by atoms with Gasteiger partial charge in [-0.2, -0.15) is 4.98 Å². The van der Waals surface area contributed by atoms with E-state index in [2.05, 4.69) is 11.9 Å². The van der Waals surface area contributed by atoms with Crippen molar-refractivity contribution in [2.45, 2.75) is 51.5 Å². The molecule has 0 bridgehead atoms. The summed E-state index contributed by atoms with van der Waals surface area (Å²) in [6.45, 7) is 2.28. The highest BCUT2D eigenvalue weighted by molar-refractivity contribution is 5.89. The molecule has 1 fully saturated rings. The van der Waals surface area contributed by atoms with Crippen LogP contribution in [0.25, 0.3) is 0 Å². The van der Waals surface area contributed by atoms with Gasteiger partial charge in [-0.25, -0.2) is 9.59 Å². The molecule has 1 aliphatic heterocycles. The van der Waals surface area contributed by atoms with Crippen LogP contribution in [0.4, 0.5) is 5.82 Å². The lowest BCUT2D eigenvalue weighted by Crippen LogP contribution is -2.29. The molecule has 2 N–H and O–H groups in total. The fourth-order valence-electron chi connectivity index (χ4n) is 3.11. The summed E-state index contributed by atoms with van der Waals surface area (Å²) < 4.78 is 17.7. The predicted molar refractivity (Wildman–Crippen MR) is 107 cm³/mol. The molecule has 0 saturated carbocycles. The Kier molecular flexibility index (Phi) is 7.37. The number of unbranched alkanes of at least 4 members (excludes halogenated alkanes) is 3. The summed E-state index contributed by atoms with van der Waals surface area (Å²) in [6.07, 6.45) is 5.98. The van der Waals surface area contributed by atoms with E-state index in [4.69, 9.17) is 19.9 Å². The standard InChI is InChI=1S/C21H27N3O5/c1-2-3-4-5-6-15-7-9-16(10-8-15)20(25)28-14-19-27-13-18(29-19)24-12-11-17(22)23-21(24)26/h7-12,18-19H,2-6,13-14H2,1H3,(H2,22,23,26)/t18-,19-/m0/s1. The third kappa shape index (κ3) is 5.88. The number of nitrogens with two attached hydrogens (primary N) is 1. The minimum absolute atomic E-state index is 0.0642. The first kappa shape index (κ1) is 21.0. The second-order valence-electron chi connectivity index (χ2n) is 7.00. The Bertz CT molecular complexity index is 865. The first-order chi connectivity index (χ1) is 14.1. The van der Waals surface area contributed by atoms with Crippen molar-refractivity contribution in [2.75, 3.05) is 18.9 Å². The van der Waals surface area contributed by atoms with E-state index in [0.29, 0.717) is 5.56 Å². The van der Waals surface area contributed by atoms with Crippen LogP contribution < -0.4 is 11.4 Å². The number of carbonyl (C=O) groups is 1. The zero-order valence-electron chi connectivity index (χ0n) is 16.6. The summed E-state index contributed by atoms with van der Waals surface area (Å²) >= 11 is 0. The van der Waals surface area contributed by atoms with Gasteiger partial charge in [-0.15, -0.1) is 0 Å². The minimum Gasteiger partial charge on any atom is -0.457 e. The number of anilines is 1. The van der Waals surface area contributed by atoms with Crippen molar-refractivity contribution in [3.63, 3.8) is 0 Å². The molecule has 1 aromatic carbocycles. The van der Waals surface area contributed by atoms with Crippen molar-refractivity contribution >= 4 is 11.8 Å². The summed E-state index contributed by atoms with van der Waals surface area (Å²) in [5, 5.41) is 0. The van der Waals surface area contributed by atoms with E-state index in [1.54, 1.807) is 12.1 Å². The molecule has 0 unspecified atom stereocenters. The monoisotopic (exact) mass is 401 g/mol. The highest BCUT2D eigenvalue weighted by atomic mass is 16.7. The first-order valence-electron chi connectivity index (χ1n) is 9.94. The Hall–Kier alpha value is -2.71. The number of hydrogen-bond acceptors (Lipinski definition) is 7. The van der Waals surface area contributed by atoms with Gasteiger partial charge in [0.15, 0.2) is 12.5 Å². The number of nitrogen functional groups attached to an aromatic ring is 1. The Morgan fingerprint density at radius 3 is 2.76 bits per heavy atom. The van der Waals surface area contributed by atoms with E-state index in [9.17, 15) is 9.59 Å². The molecule has 156 valence electrons. The van der Waals surface area contributed by atoms with Crippen molar-refractivity contribution in [1.82, 2.24) is 9.55 Å². The molecule has 0 aliphatic carbocycles. The van der Waals surface area contributed by atoms with Crippen LogP contribution in [0.1, 0.15) is 54.8 Å². The van der Waals surface area contributed by atoms with Crippen LogP contribution in [0.5, 0.6) is 0 Å². The van der Waals surface area contributed by atoms with Gasteiger partial charge >= 0.3 is 11.7 Å². The maximum Gasteiger partial charge on any atom is 0.351 e. The Labute approximate surface area is 169 Å². The van der Waals surface area contributed by atoms with Crippen LogP contribution in [0.2, 0.25) is 0 Å². The van der Waals surface area contributed by atoms with Gasteiger partial charge in [-0.3, -0.25) is 4.57 Å². The van der Waals surface area contributed by atoms with Gasteiger partial charge in [0.1, 0.15) is 12.4 Å². The fourth-order valence-corrected chi connectivity index (χ4v) is 3.11. The number of rotatable bonds is 9. The maximum atomic E-state index is 12.2. The topological polar surface area (TPSA) is 106 Å². The van der Waals surface area contributed by atoms with Crippen molar-refractivity contribution in [2.24, 2.45) is 0 Å². The predicted octanol–water partition coefficient (Wildman–Crippen LogP) is 2.68. The summed E-state index contributed by atoms with van der Waals surface area (Å²) in [5.74, 6) is -0.299. The van der Waals surface area contributed by atoms with Crippen LogP contribution in [0.15, 0.2) is 41.3 Å². The molecule has 8 heteroatoms. The minimum atomic E-state index is -0.744. The van der Waals surface area contributed by atoms with Crippen molar-refractivity contribution < 1.29 is 19.0 Å². The van der Waals surface area contributed by atoms with E-state index in [1.807, 2.05) is 12.1 Å². The zero-order valence-corrected chi connectivity index (χ0v) is 16.6. The Morgan fingerprint density at radius 2 is 2.03 bits per heavy atom. The number of aryl methyl sites for hydroxylation is 1. The summed E-state index contributed by atoms with van der Waals surface area (Å²) in [6, 6.07) is 8.97. The number of aromatic nitrogens is 2. The maximum absolute atomic E-state index is 12.2. The molecular weight excluding hydrogens is 374 g/mol. The normalized spacial score (nSPS) is 18.7. The zero-order chi connectivity index (χ0) is 20.6. The highest BCUT2D eigenvalue weighted by Crippen LogP contribution is 2.20. The number of ether oxygens (including phenoxy) is 3. The summed E-state index contributed by atoms with van der Waals surface area (Å²) in [5.41, 5.74) is 6.65. The van der Waals surface area contributed by atoms with Crippen molar-refractivity contribution in [3.05, 3.63) is 58.1 Å². The second-order valence-corrected chi connectivity index (χ2v) is 7.00. The van der Waals surface area contributed by atoms with Crippen molar-refractivity contribution in [3.8, 4) is 0 Å². The molecule has 29 heavy (non-hydrogen) atoms. The second kappa shape index (κ2) is 10.2. The molecule has 1 aromatic heterocycles. The van der Waals surface area contributed by atoms with Crippen LogP contribution in [0.3, 0.4) is 0 Å². The molecule has 1 aliphatic rings. The van der Waals surface area contributed by atoms with E-state index >= 15 is 0 Å². The van der Waals surface area contributed by atoms with E-state index in [-0.39, 0.29) is 19.0 Å². The number of nitrogens with zero attached hydrogens (tertiary/aromatic N) is 2. The van der Waals surface area contributed by atoms with Gasteiger partial charge in [0.2, 0.25) is 0 Å². The lowest BCUT2D eigenvalue weighted by atomic mass is 10.0. The quantitative estimate of drug-likeness (QED) is 0.509. The van der Waals surface area contributed by atoms with Crippen LogP contribution in [-0.4, -0.2) is 35.0 Å². The average Bonchev–Trinajstić information content (AvgIpc) is 3.18. The number of hydrogen-bond donors (Lipinski definition) is 1. The van der Waals surface area contributed by atoms with Gasteiger partial charge < -0.3 is 19.9 Å². The number of benzene rings is 1. The van der Waals surface area contributed by atoms with Crippen LogP contribution >= 0.6 is 0 Å². The molecule has 0 spiro atoms. The SMILES string of the molecule is CCCCCCc1ccc(C(=O)OC[C@H]2OC[C@@H](n3ccc(N)nc3=O)O2)cc1. The molecule has 2 atom stereocenters. The highest BCUT2D eigenvalue weighted by Gasteiger charge is 2.29. The lowest BCUT2D eigenvalue weighted by Gasteiger charge is -2.13. The Balaban J connectivity index is 1.45. The van der Waals surface area contributed by atoms with Gasteiger partial charge in [0.25, 0.3) is 0 Å². The fraction of sp³-hybridized carbons (Fsp3) is 0.476. The molecule has 0 radical (unpaired) electrons. The molecule has 0 amide bonds. The van der Waals surface area contributed by atoms with E-state index < -0.39 is 24.2 Å². The van der Waals surface area contributed by atoms with Gasteiger partial charge in [-0.1, -0.05) is 38.3 Å². The van der Waals surface area contributed by atoms with Crippen LogP contribution in [-0.2, 0) is 20.6 Å². The summed E-state index contributed by atoms with van der Waals surface area (Å²) in [7, 11) is 0. The molecule has 8 nitrogen and oxygen atoms in total. The van der Waals surface area contributed by atoms with E-state index in [0.717, 1.165) is 12.8 Å². The molecular formula is C21H27N3O5. The van der Waals surface area contributed by atoms with Gasteiger partial charge in [-0.05, 0) is 36.6 Å². The molecule has 2 heterocycles. The van der Waals surface area contributed by atoms with Crippen LogP contribution in [0, 0.1) is 0 Å². The first-order valence-corrected chi connectivity index (χ1v) is 9.94. The molecule has 3 rings (SSSR count). The summed E-state index contributed by atoms with van der Waals surface area (Å²) in [4.78, 5) is 27.8. The molecule has 1 saturated heterocycles. The molecule has 2 aromatic rings. The lowest BCUT2D eigenvalue weighted by molar-refractivity contribution is -0.103. The van der Waals surface area contributed by atoms with Crippen molar-refractivity contribution in [1.29, 1.82) is 0 Å². The third-order valence-electron chi connectivity index (χ3n) is 4.75. The van der Waals surface area contributed by atoms with E-state index in [1.165, 1.54) is 41.7 Å². The largest absolute Gasteiger partial charge is 0.457 e. The van der Waals surface area contributed by atoms with Gasteiger partial charge in [0, 0.05) is 6.20 Å². The number of carbonyl (C=O) groups excluding carboxylic acids is 1. The van der Waals surface area contributed by atoms with Gasteiger partial charge in [0.05, 0.1) is 12.2 Å². The third-order valence-corrected chi connectivity index (χ3v) is 4.75.